The van der Waals surface area contributed by atoms with Gasteiger partial charge in [0.1, 0.15) is 0 Å². The molecule has 0 saturated heterocycles. The molecule has 0 aliphatic carbocycles. The van der Waals surface area contributed by atoms with Gasteiger partial charge in [-0.25, -0.2) is 0 Å². The molecule has 1 heterocycles. The molecule has 0 bridgehead atoms. The molecule has 2 rings (SSSR count). The van der Waals surface area contributed by atoms with Crippen molar-refractivity contribution in [2.24, 2.45) is 0 Å². The van der Waals surface area contributed by atoms with Gasteiger partial charge in [0.15, 0.2) is 0 Å². The molecule has 0 saturated carbocycles. The molecular weight excluding hydrogens is 250 g/mol. The van der Waals surface area contributed by atoms with E-state index in [2.05, 4.69) is 27.8 Å². The van der Waals surface area contributed by atoms with Gasteiger partial charge in [-0.05, 0) is 42.8 Å². The fourth-order valence-electron chi connectivity index (χ4n) is 1.79. The zero-order chi connectivity index (χ0) is 13.0. The number of hydrogen-bond acceptors (Lipinski definition) is 4. The molecule has 2 unspecified atom stereocenters. The Labute approximate surface area is 111 Å². The topological polar surface area (TPSA) is 55.6 Å². The van der Waals surface area contributed by atoms with Crippen LogP contribution in [0.4, 0.5) is 5.95 Å². The number of para-hydroxylation sites is 1. The maximum Gasteiger partial charge on any atom is 0.247 e. The summed E-state index contributed by atoms with van der Waals surface area (Å²) in [5.74, 6) is 0.631. The van der Waals surface area contributed by atoms with E-state index in [0.29, 0.717) is 5.95 Å². The van der Waals surface area contributed by atoms with Crippen molar-refractivity contribution < 1.29 is 0 Å². The molecule has 0 amide bonds. The number of tetrazole rings is 1. The molecule has 18 heavy (non-hydrogen) atoms. The van der Waals surface area contributed by atoms with E-state index in [1.807, 2.05) is 37.3 Å². The lowest BCUT2D eigenvalue weighted by Crippen LogP contribution is -2.21. The third-order valence-corrected chi connectivity index (χ3v) is 2.70. The van der Waals surface area contributed by atoms with E-state index in [1.165, 1.54) is 0 Å². The summed E-state index contributed by atoms with van der Waals surface area (Å²) in [5, 5.41) is 15.0. The van der Waals surface area contributed by atoms with Gasteiger partial charge in [-0.1, -0.05) is 23.3 Å². The van der Waals surface area contributed by atoms with E-state index in [4.69, 9.17) is 11.6 Å². The first-order valence-corrected chi connectivity index (χ1v) is 6.35. The Morgan fingerprint density at radius 2 is 2.00 bits per heavy atom. The zero-order valence-corrected chi connectivity index (χ0v) is 11.2. The monoisotopic (exact) mass is 265 g/mol. The van der Waals surface area contributed by atoms with Crippen molar-refractivity contribution in [2.45, 2.75) is 31.7 Å². The molecule has 0 fully saturated rings. The summed E-state index contributed by atoms with van der Waals surface area (Å²) >= 11 is 5.97. The summed E-state index contributed by atoms with van der Waals surface area (Å²) < 4.78 is 1.68. The number of aromatic nitrogens is 4. The van der Waals surface area contributed by atoms with Crippen molar-refractivity contribution in [3.63, 3.8) is 0 Å². The Morgan fingerprint density at radius 1 is 1.28 bits per heavy atom. The van der Waals surface area contributed by atoms with E-state index >= 15 is 0 Å². The molecule has 1 aromatic carbocycles. The van der Waals surface area contributed by atoms with Gasteiger partial charge in [0.05, 0.1) is 5.69 Å². The van der Waals surface area contributed by atoms with Gasteiger partial charge < -0.3 is 5.32 Å². The lowest BCUT2D eigenvalue weighted by atomic mass is 10.2. The van der Waals surface area contributed by atoms with Gasteiger partial charge >= 0.3 is 0 Å². The van der Waals surface area contributed by atoms with Crippen molar-refractivity contribution >= 4 is 17.5 Å². The van der Waals surface area contributed by atoms with Gasteiger partial charge in [0.2, 0.25) is 5.95 Å². The van der Waals surface area contributed by atoms with E-state index in [-0.39, 0.29) is 11.4 Å². The predicted octanol–water partition coefficient (Wildman–Crippen LogP) is 2.48. The van der Waals surface area contributed by atoms with E-state index in [0.717, 1.165) is 12.1 Å². The minimum Gasteiger partial charge on any atom is -0.350 e. The molecule has 5 nitrogen and oxygen atoms in total. The smallest absolute Gasteiger partial charge is 0.247 e. The fourth-order valence-corrected chi connectivity index (χ4v) is 2.05. The molecule has 1 N–H and O–H groups in total. The predicted molar refractivity (Wildman–Crippen MR) is 72.2 cm³/mol. The second kappa shape index (κ2) is 5.82. The van der Waals surface area contributed by atoms with Crippen LogP contribution in [0.2, 0.25) is 0 Å². The van der Waals surface area contributed by atoms with Crippen LogP contribution in [-0.4, -0.2) is 31.6 Å². The number of nitrogens with one attached hydrogen (secondary N) is 1. The number of alkyl halides is 1. The molecule has 0 radical (unpaired) electrons. The van der Waals surface area contributed by atoms with Crippen molar-refractivity contribution in [1.82, 2.24) is 20.2 Å². The molecule has 1 aromatic heterocycles. The van der Waals surface area contributed by atoms with Crippen LogP contribution in [0.3, 0.4) is 0 Å². The van der Waals surface area contributed by atoms with E-state index in [9.17, 15) is 0 Å². The Balaban J connectivity index is 2.14. The average Bonchev–Trinajstić information content (AvgIpc) is 2.77. The normalized spacial score (nSPS) is 14.2. The summed E-state index contributed by atoms with van der Waals surface area (Å²) in [6.45, 7) is 4.03. The van der Waals surface area contributed by atoms with E-state index in [1.54, 1.807) is 4.68 Å². The van der Waals surface area contributed by atoms with Crippen LogP contribution in [-0.2, 0) is 0 Å². The molecule has 0 aliphatic rings. The highest BCUT2D eigenvalue weighted by Gasteiger charge is 2.12. The third kappa shape index (κ3) is 3.20. The molecule has 2 atom stereocenters. The van der Waals surface area contributed by atoms with Crippen LogP contribution in [0, 0.1) is 0 Å². The fraction of sp³-hybridized carbons (Fsp3) is 0.417. The average molecular weight is 266 g/mol. The number of hydrogen-bond donors (Lipinski definition) is 1. The molecule has 96 valence electrons. The van der Waals surface area contributed by atoms with E-state index < -0.39 is 0 Å². The van der Waals surface area contributed by atoms with Crippen molar-refractivity contribution in [3.8, 4) is 5.69 Å². The first-order valence-electron chi connectivity index (χ1n) is 5.91. The second-order valence-electron chi connectivity index (χ2n) is 4.31. The molecular formula is C12H16ClN5. The van der Waals surface area contributed by atoms with Crippen molar-refractivity contribution in [3.05, 3.63) is 30.3 Å². The molecule has 0 aliphatic heterocycles. The van der Waals surface area contributed by atoms with Crippen LogP contribution >= 0.6 is 11.6 Å². The summed E-state index contributed by atoms with van der Waals surface area (Å²) in [4.78, 5) is 0. The standard InChI is InChI=1S/C12H16ClN5/c1-9(13)8-10(2)14-12-15-16-17-18(12)11-6-4-3-5-7-11/h3-7,9-10H,8H2,1-2H3,(H,14,15,17). The summed E-state index contributed by atoms with van der Waals surface area (Å²) in [7, 11) is 0. The van der Waals surface area contributed by atoms with Gasteiger partial charge in [-0.2, -0.15) is 4.68 Å². The maximum atomic E-state index is 5.97. The number of nitrogens with zero attached hydrogens (tertiary/aromatic N) is 4. The third-order valence-electron chi connectivity index (χ3n) is 2.52. The van der Waals surface area contributed by atoms with Crippen LogP contribution in [0.1, 0.15) is 20.3 Å². The minimum atomic E-state index is 0.119. The largest absolute Gasteiger partial charge is 0.350 e. The van der Waals surface area contributed by atoms with Gasteiger partial charge in [-0.3, -0.25) is 0 Å². The Morgan fingerprint density at radius 3 is 2.67 bits per heavy atom. The van der Waals surface area contributed by atoms with Crippen LogP contribution in [0.25, 0.3) is 5.69 Å². The second-order valence-corrected chi connectivity index (χ2v) is 5.06. The SMILES string of the molecule is CC(Cl)CC(C)Nc1nnnn1-c1ccccc1. The van der Waals surface area contributed by atoms with Crippen molar-refractivity contribution in [2.75, 3.05) is 5.32 Å². The first kappa shape index (κ1) is 12.8. The number of rotatable bonds is 5. The van der Waals surface area contributed by atoms with Gasteiger partial charge in [-0.15, -0.1) is 11.6 Å². The lowest BCUT2D eigenvalue weighted by Gasteiger charge is -2.15. The Hall–Kier alpha value is -1.62. The maximum absolute atomic E-state index is 5.97. The van der Waals surface area contributed by atoms with Gasteiger partial charge in [0.25, 0.3) is 0 Å². The Kier molecular flexibility index (Phi) is 4.15. The number of benzene rings is 1. The van der Waals surface area contributed by atoms with Gasteiger partial charge in [0, 0.05) is 11.4 Å². The quantitative estimate of drug-likeness (QED) is 0.844. The van der Waals surface area contributed by atoms with Crippen LogP contribution in [0.15, 0.2) is 30.3 Å². The molecule has 0 spiro atoms. The molecule has 2 aromatic rings. The van der Waals surface area contributed by atoms with Crippen LogP contribution in [0.5, 0.6) is 0 Å². The lowest BCUT2D eigenvalue weighted by molar-refractivity contribution is 0.684. The highest BCUT2D eigenvalue weighted by molar-refractivity contribution is 6.20. The Bertz CT molecular complexity index is 482. The summed E-state index contributed by atoms with van der Waals surface area (Å²) in [6, 6.07) is 9.98. The number of anilines is 1. The highest BCUT2D eigenvalue weighted by Crippen LogP contribution is 2.13. The summed E-state index contributed by atoms with van der Waals surface area (Å²) in [6.07, 6.45) is 0.850. The van der Waals surface area contributed by atoms with Crippen LogP contribution < -0.4 is 5.32 Å². The minimum absolute atomic E-state index is 0.119. The zero-order valence-electron chi connectivity index (χ0n) is 10.4. The highest BCUT2D eigenvalue weighted by atomic mass is 35.5. The number of halogens is 1. The summed E-state index contributed by atoms with van der Waals surface area (Å²) in [5.41, 5.74) is 0.927. The molecule has 6 heteroatoms. The van der Waals surface area contributed by atoms with Crippen molar-refractivity contribution in [1.29, 1.82) is 0 Å². The first-order chi connectivity index (χ1) is 8.66.